The van der Waals surface area contributed by atoms with E-state index in [0.29, 0.717) is 17.6 Å². The van der Waals surface area contributed by atoms with Crippen LogP contribution in [0, 0.1) is 0 Å². The summed E-state index contributed by atoms with van der Waals surface area (Å²) >= 11 is 0. The van der Waals surface area contributed by atoms with Gasteiger partial charge in [0.15, 0.2) is 11.6 Å². The molecule has 0 bridgehead atoms. The number of nitrogens with zero attached hydrogens (tertiary/aromatic N) is 4. The van der Waals surface area contributed by atoms with Crippen LogP contribution in [-0.4, -0.2) is 15.0 Å². The fourth-order valence-electron chi connectivity index (χ4n) is 12.8. The Bertz CT molecular complexity index is 3610. The van der Waals surface area contributed by atoms with Crippen molar-refractivity contribution in [3.8, 4) is 67.3 Å². The molecule has 0 saturated carbocycles. The van der Waals surface area contributed by atoms with Crippen molar-refractivity contribution in [3.05, 3.63) is 214 Å². The van der Waals surface area contributed by atoms with Crippen LogP contribution in [-0.2, 0) is 21.7 Å². The molecule has 8 aromatic carbocycles. The minimum Gasteiger partial charge on any atom is -0.279 e. The van der Waals surface area contributed by atoms with Crippen molar-refractivity contribution in [2.24, 2.45) is 0 Å². The van der Waals surface area contributed by atoms with Crippen molar-refractivity contribution in [1.29, 1.82) is 0 Å². The number of aromatic nitrogens is 3. The van der Waals surface area contributed by atoms with Crippen LogP contribution in [0.15, 0.2) is 170 Å². The molecule has 0 spiro atoms. The maximum Gasteiger partial charge on any atom is 0.238 e. The van der Waals surface area contributed by atoms with Crippen molar-refractivity contribution in [1.82, 2.24) is 15.0 Å². The molecule has 9 aromatic rings. The molecule has 13 rings (SSSR count). The Balaban J connectivity index is 1.10. The van der Waals surface area contributed by atoms with Gasteiger partial charge in [-0.2, -0.15) is 9.97 Å². The van der Waals surface area contributed by atoms with E-state index in [4.69, 9.17) is 15.0 Å². The summed E-state index contributed by atoms with van der Waals surface area (Å²) in [4.78, 5) is 19.3. The van der Waals surface area contributed by atoms with E-state index in [1.54, 1.807) is 0 Å². The standard InChI is InChI=1S/C63H52N4/c1-60(2)49-27-14-12-22-42(49)47-35-37(31-34-52(47)60)57-64-58(46-25-17-23-44-40-20-10-15-28-50(40)62(5,6)55(44)46)66-59(65-57)67(38-32-33-43-39-19-9-13-26-48(39)61(3,4)53(43)36-38)54-30-18-24-45-41-21-11-16-29-51(41)63(7,8)56(45)54/h9-36H,1-8H3. The smallest absolute Gasteiger partial charge is 0.238 e. The Labute approximate surface area is 394 Å². The molecule has 1 heterocycles. The molecule has 0 saturated heterocycles. The van der Waals surface area contributed by atoms with Gasteiger partial charge in [-0.25, -0.2) is 4.98 Å². The molecular weight excluding hydrogens is 813 g/mol. The van der Waals surface area contributed by atoms with Crippen LogP contribution >= 0.6 is 0 Å². The third-order valence-electron chi connectivity index (χ3n) is 16.1. The van der Waals surface area contributed by atoms with E-state index in [-0.39, 0.29) is 21.7 Å². The largest absolute Gasteiger partial charge is 0.279 e. The van der Waals surface area contributed by atoms with Crippen LogP contribution in [0.4, 0.5) is 17.3 Å². The summed E-state index contributed by atoms with van der Waals surface area (Å²) in [7, 11) is 0. The van der Waals surface area contributed by atoms with E-state index in [1.165, 1.54) is 89.0 Å². The van der Waals surface area contributed by atoms with Gasteiger partial charge >= 0.3 is 0 Å². The van der Waals surface area contributed by atoms with E-state index < -0.39 is 0 Å². The quantitative estimate of drug-likeness (QED) is 0.173. The number of hydrogen-bond donors (Lipinski definition) is 0. The molecule has 0 radical (unpaired) electrons. The zero-order valence-corrected chi connectivity index (χ0v) is 39.5. The molecule has 4 nitrogen and oxygen atoms in total. The van der Waals surface area contributed by atoms with Crippen LogP contribution in [0.2, 0.25) is 0 Å². The number of anilines is 3. The minimum atomic E-state index is -0.304. The van der Waals surface area contributed by atoms with Gasteiger partial charge in [-0.15, -0.1) is 0 Å². The van der Waals surface area contributed by atoms with Crippen LogP contribution in [0.25, 0.3) is 67.3 Å². The predicted molar refractivity (Wildman–Crippen MR) is 276 cm³/mol. The van der Waals surface area contributed by atoms with E-state index >= 15 is 0 Å². The number of hydrogen-bond acceptors (Lipinski definition) is 4. The normalized spacial score (nSPS) is 16.2. The van der Waals surface area contributed by atoms with Crippen LogP contribution in [0.5, 0.6) is 0 Å². The number of benzene rings is 8. The Morgan fingerprint density at radius 3 is 1.40 bits per heavy atom. The third kappa shape index (κ3) is 5.38. The van der Waals surface area contributed by atoms with Crippen molar-refractivity contribution in [2.45, 2.75) is 77.0 Å². The lowest BCUT2D eigenvalue weighted by Crippen LogP contribution is -2.23. The van der Waals surface area contributed by atoms with Gasteiger partial charge in [-0.05, 0) is 113 Å². The molecule has 67 heavy (non-hydrogen) atoms. The van der Waals surface area contributed by atoms with E-state index in [1.807, 2.05) is 0 Å². The summed E-state index contributed by atoms with van der Waals surface area (Å²) in [5.41, 5.74) is 23.7. The SMILES string of the molecule is CC1(C)c2ccccc2-c2cc(-c3nc(-c4cccc5c4C(C)(C)c4ccccc4-5)nc(N(c4ccc5c(c4)C(C)(C)c4ccccc4-5)c4cccc5c4C(C)(C)c4ccccc4-5)n3)ccc21. The Hall–Kier alpha value is -7.43. The molecule has 0 amide bonds. The van der Waals surface area contributed by atoms with Crippen molar-refractivity contribution in [2.75, 3.05) is 4.90 Å². The average Bonchev–Trinajstić information content (AvgIpc) is 3.92. The van der Waals surface area contributed by atoms with E-state index in [2.05, 4.69) is 230 Å². The van der Waals surface area contributed by atoms with Crippen LogP contribution in [0.1, 0.15) is 99.9 Å². The highest BCUT2D eigenvalue weighted by Crippen LogP contribution is 2.57. The number of rotatable bonds is 5. The highest BCUT2D eigenvalue weighted by atomic mass is 15.3. The maximum atomic E-state index is 5.72. The molecule has 4 heteroatoms. The topological polar surface area (TPSA) is 41.9 Å². The second-order valence-corrected chi connectivity index (χ2v) is 21.2. The Morgan fingerprint density at radius 1 is 0.313 bits per heavy atom. The molecule has 0 fully saturated rings. The summed E-state index contributed by atoms with van der Waals surface area (Å²) in [6.45, 7) is 18.8. The molecule has 0 atom stereocenters. The molecule has 0 aliphatic heterocycles. The molecule has 0 N–H and O–H groups in total. The summed E-state index contributed by atoms with van der Waals surface area (Å²) in [5, 5.41) is 0. The van der Waals surface area contributed by atoms with Crippen molar-refractivity contribution in [3.63, 3.8) is 0 Å². The molecule has 4 aliphatic carbocycles. The van der Waals surface area contributed by atoms with Gasteiger partial charge < -0.3 is 0 Å². The van der Waals surface area contributed by atoms with Crippen LogP contribution in [0.3, 0.4) is 0 Å². The monoisotopic (exact) mass is 864 g/mol. The molecule has 4 aliphatic rings. The fourth-order valence-corrected chi connectivity index (χ4v) is 12.8. The Kier molecular flexibility index (Phi) is 8.08. The fraction of sp³-hybridized carbons (Fsp3) is 0.190. The number of fused-ring (bicyclic) bond motifs is 12. The zero-order chi connectivity index (χ0) is 45.8. The lowest BCUT2D eigenvalue weighted by Gasteiger charge is -2.32. The molecular formula is C63H52N4. The lowest BCUT2D eigenvalue weighted by atomic mass is 9.80. The average molecular weight is 865 g/mol. The predicted octanol–water partition coefficient (Wildman–Crippen LogP) is 15.9. The lowest BCUT2D eigenvalue weighted by molar-refractivity contribution is 0.658. The summed E-state index contributed by atoms with van der Waals surface area (Å²) in [6, 6.07) is 62.7. The molecule has 1 aromatic heterocycles. The highest BCUT2D eigenvalue weighted by molar-refractivity contribution is 5.93. The first-order chi connectivity index (χ1) is 32.3. The van der Waals surface area contributed by atoms with Gasteiger partial charge in [0.1, 0.15) is 0 Å². The molecule has 0 unspecified atom stereocenters. The van der Waals surface area contributed by atoms with Gasteiger partial charge in [0.05, 0.1) is 5.69 Å². The van der Waals surface area contributed by atoms with Crippen molar-refractivity contribution >= 4 is 17.3 Å². The van der Waals surface area contributed by atoms with Gasteiger partial charge in [0.25, 0.3) is 0 Å². The van der Waals surface area contributed by atoms with Crippen LogP contribution < -0.4 is 4.90 Å². The van der Waals surface area contributed by atoms with Crippen molar-refractivity contribution < 1.29 is 0 Å². The van der Waals surface area contributed by atoms with E-state index in [0.717, 1.165) is 22.5 Å². The zero-order valence-electron chi connectivity index (χ0n) is 39.5. The third-order valence-corrected chi connectivity index (χ3v) is 16.1. The first-order valence-corrected chi connectivity index (χ1v) is 23.8. The summed E-state index contributed by atoms with van der Waals surface area (Å²) in [5.74, 6) is 1.89. The van der Waals surface area contributed by atoms with Gasteiger partial charge in [-0.1, -0.05) is 201 Å². The first kappa shape index (κ1) is 39.9. The van der Waals surface area contributed by atoms with Gasteiger partial charge in [0.2, 0.25) is 5.95 Å². The maximum absolute atomic E-state index is 5.72. The summed E-state index contributed by atoms with van der Waals surface area (Å²) < 4.78 is 0. The second-order valence-electron chi connectivity index (χ2n) is 21.2. The highest BCUT2D eigenvalue weighted by Gasteiger charge is 2.42. The molecule has 324 valence electrons. The second kappa shape index (κ2) is 13.6. The van der Waals surface area contributed by atoms with Gasteiger partial charge in [-0.3, -0.25) is 4.90 Å². The Morgan fingerprint density at radius 2 is 0.761 bits per heavy atom. The van der Waals surface area contributed by atoms with Gasteiger partial charge in [0, 0.05) is 38.5 Å². The first-order valence-electron chi connectivity index (χ1n) is 23.8. The van der Waals surface area contributed by atoms with E-state index in [9.17, 15) is 0 Å². The summed E-state index contributed by atoms with van der Waals surface area (Å²) in [6.07, 6.45) is 0. The minimum absolute atomic E-state index is 0.124.